The standard InChI is InChI=1S/C12H21N3O/c1-10(2)13-6-3-7-14-8-9-15(12(14)16)11-4-5-11/h8-11,13H,3-7H2,1-2H3. The highest BCUT2D eigenvalue weighted by Gasteiger charge is 2.25. The first-order valence-corrected chi connectivity index (χ1v) is 6.19. The highest BCUT2D eigenvalue weighted by Crippen LogP contribution is 2.33. The Hall–Kier alpha value is -1.03. The van der Waals surface area contributed by atoms with Crippen LogP contribution in [0.3, 0.4) is 0 Å². The van der Waals surface area contributed by atoms with Gasteiger partial charge in [-0.05, 0) is 25.8 Å². The maximum Gasteiger partial charge on any atom is 0.328 e. The Morgan fingerprint density at radius 3 is 2.81 bits per heavy atom. The number of nitrogens with one attached hydrogen (secondary N) is 1. The number of hydrogen-bond acceptors (Lipinski definition) is 2. The molecule has 1 fully saturated rings. The van der Waals surface area contributed by atoms with Gasteiger partial charge in [-0.2, -0.15) is 0 Å². The van der Waals surface area contributed by atoms with Gasteiger partial charge in [0.1, 0.15) is 0 Å². The van der Waals surface area contributed by atoms with E-state index in [1.165, 1.54) is 12.8 Å². The third-order valence-electron chi connectivity index (χ3n) is 2.94. The number of nitrogens with zero attached hydrogens (tertiary/aromatic N) is 2. The van der Waals surface area contributed by atoms with E-state index >= 15 is 0 Å². The molecule has 1 aromatic heterocycles. The highest BCUT2D eigenvalue weighted by atomic mass is 16.1. The predicted octanol–water partition coefficient (Wildman–Crippen LogP) is 1.37. The van der Waals surface area contributed by atoms with Crippen LogP contribution in [0.5, 0.6) is 0 Å². The van der Waals surface area contributed by atoms with Gasteiger partial charge in [0.25, 0.3) is 0 Å². The van der Waals surface area contributed by atoms with Crippen molar-refractivity contribution in [1.82, 2.24) is 14.5 Å². The first-order chi connectivity index (χ1) is 7.68. The largest absolute Gasteiger partial charge is 0.328 e. The zero-order chi connectivity index (χ0) is 11.5. The molecule has 0 aromatic carbocycles. The summed E-state index contributed by atoms with van der Waals surface area (Å²) in [5, 5.41) is 3.35. The smallest absolute Gasteiger partial charge is 0.314 e. The van der Waals surface area contributed by atoms with E-state index in [2.05, 4.69) is 19.2 Å². The van der Waals surface area contributed by atoms with Crippen LogP contribution in [0.4, 0.5) is 0 Å². The van der Waals surface area contributed by atoms with Crippen molar-refractivity contribution in [3.63, 3.8) is 0 Å². The van der Waals surface area contributed by atoms with Gasteiger partial charge in [-0.1, -0.05) is 13.8 Å². The SMILES string of the molecule is CC(C)NCCCn1ccn(C2CC2)c1=O. The van der Waals surface area contributed by atoms with Crippen LogP contribution in [-0.4, -0.2) is 21.7 Å². The summed E-state index contributed by atoms with van der Waals surface area (Å²) in [6.45, 7) is 6.06. The van der Waals surface area contributed by atoms with Gasteiger partial charge in [-0.3, -0.25) is 9.13 Å². The Balaban J connectivity index is 1.83. The first kappa shape index (κ1) is 11.5. The van der Waals surface area contributed by atoms with E-state index in [0.29, 0.717) is 12.1 Å². The second kappa shape index (κ2) is 4.87. The fourth-order valence-electron chi connectivity index (χ4n) is 1.87. The molecule has 0 atom stereocenters. The van der Waals surface area contributed by atoms with Crippen molar-refractivity contribution in [2.45, 2.75) is 51.7 Å². The zero-order valence-electron chi connectivity index (χ0n) is 10.1. The number of hydrogen-bond donors (Lipinski definition) is 1. The van der Waals surface area contributed by atoms with Crippen LogP contribution in [-0.2, 0) is 6.54 Å². The highest BCUT2D eigenvalue weighted by molar-refractivity contribution is 4.91. The summed E-state index contributed by atoms with van der Waals surface area (Å²) < 4.78 is 3.69. The third kappa shape index (κ3) is 2.76. The van der Waals surface area contributed by atoms with E-state index in [4.69, 9.17) is 0 Å². The minimum atomic E-state index is 0.159. The quantitative estimate of drug-likeness (QED) is 0.740. The minimum Gasteiger partial charge on any atom is -0.314 e. The van der Waals surface area contributed by atoms with E-state index in [0.717, 1.165) is 19.5 Å². The van der Waals surface area contributed by atoms with E-state index in [1.807, 2.05) is 21.5 Å². The number of imidazole rings is 1. The molecule has 1 aliphatic carbocycles. The second-order valence-corrected chi connectivity index (χ2v) is 4.87. The van der Waals surface area contributed by atoms with Crippen LogP contribution < -0.4 is 11.0 Å². The average molecular weight is 223 g/mol. The maximum atomic E-state index is 11.9. The molecule has 0 aliphatic heterocycles. The van der Waals surface area contributed by atoms with Gasteiger partial charge in [0.2, 0.25) is 0 Å². The van der Waals surface area contributed by atoms with Crippen molar-refractivity contribution in [2.75, 3.05) is 6.54 Å². The Morgan fingerprint density at radius 2 is 2.19 bits per heavy atom. The summed E-state index contributed by atoms with van der Waals surface area (Å²) >= 11 is 0. The summed E-state index contributed by atoms with van der Waals surface area (Å²) in [4.78, 5) is 11.9. The number of aromatic nitrogens is 2. The average Bonchev–Trinajstić information content (AvgIpc) is 3.00. The van der Waals surface area contributed by atoms with Gasteiger partial charge < -0.3 is 5.32 Å². The molecule has 1 heterocycles. The van der Waals surface area contributed by atoms with E-state index in [-0.39, 0.29) is 5.69 Å². The van der Waals surface area contributed by atoms with Crippen molar-refractivity contribution >= 4 is 0 Å². The molecule has 90 valence electrons. The van der Waals surface area contributed by atoms with E-state index in [1.54, 1.807) is 0 Å². The summed E-state index contributed by atoms with van der Waals surface area (Å²) in [7, 11) is 0. The van der Waals surface area contributed by atoms with Crippen LogP contribution in [0, 0.1) is 0 Å². The monoisotopic (exact) mass is 223 g/mol. The summed E-state index contributed by atoms with van der Waals surface area (Å²) in [5.74, 6) is 0. The van der Waals surface area contributed by atoms with Gasteiger partial charge in [-0.25, -0.2) is 4.79 Å². The van der Waals surface area contributed by atoms with E-state index in [9.17, 15) is 4.79 Å². The van der Waals surface area contributed by atoms with Crippen LogP contribution >= 0.6 is 0 Å². The maximum absolute atomic E-state index is 11.9. The molecule has 0 radical (unpaired) electrons. The fourth-order valence-corrected chi connectivity index (χ4v) is 1.87. The van der Waals surface area contributed by atoms with Gasteiger partial charge in [0.15, 0.2) is 0 Å². The lowest BCUT2D eigenvalue weighted by atomic mass is 10.3. The molecule has 0 amide bonds. The molecule has 0 bridgehead atoms. The molecule has 1 N–H and O–H groups in total. The van der Waals surface area contributed by atoms with Crippen molar-refractivity contribution in [2.24, 2.45) is 0 Å². The Labute approximate surface area is 96.3 Å². The fraction of sp³-hybridized carbons (Fsp3) is 0.750. The molecule has 16 heavy (non-hydrogen) atoms. The Bertz CT molecular complexity index is 387. The van der Waals surface area contributed by atoms with Gasteiger partial charge in [-0.15, -0.1) is 0 Å². The molecular formula is C12H21N3O. The predicted molar refractivity (Wildman–Crippen MR) is 64.7 cm³/mol. The summed E-state index contributed by atoms with van der Waals surface area (Å²) in [6.07, 6.45) is 7.18. The molecule has 0 spiro atoms. The van der Waals surface area contributed by atoms with Crippen LogP contribution in [0.15, 0.2) is 17.2 Å². The van der Waals surface area contributed by atoms with Gasteiger partial charge in [0.05, 0.1) is 0 Å². The normalized spacial score (nSPS) is 15.9. The molecule has 1 aliphatic rings. The third-order valence-corrected chi connectivity index (χ3v) is 2.94. The second-order valence-electron chi connectivity index (χ2n) is 4.87. The van der Waals surface area contributed by atoms with Crippen LogP contribution in [0.2, 0.25) is 0 Å². The lowest BCUT2D eigenvalue weighted by molar-refractivity contribution is 0.524. The van der Waals surface area contributed by atoms with Crippen molar-refractivity contribution < 1.29 is 0 Å². The lowest BCUT2D eigenvalue weighted by Gasteiger charge is -2.07. The Kier molecular flexibility index (Phi) is 3.49. The molecule has 4 heteroatoms. The molecule has 4 nitrogen and oxygen atoms in total. The van der Waals surface area contributed by atoms with Crippen molar-refractivity contribution in [3.05, 3.63) is 22.9 Å². The summed E-state index contributed by atoms with van der Waals surface area (Å²) in [5.41, 5.74) is 0.159. The molecule has 1 saturated carbocycles. The number of rotatable bonds is 6. The van der Waals surface area contributed by atoms with Crippen molar-refractivity contribution in [1.29, 1.82) is 0 Å². The topological polar surface area (TPSA) is 39.0 Å². The molecular weight excluding hydrogens is 202 g/mol. The van der Waals surface area contributed by atoms with Gasteiger partial charge >= 0.3 is 5.69 Å². The molecule has 1 aromatic rings. The van der Waals surface area contributed by atoms with Crippen LogP contribution in [0.25, 0.3) is 0 Å². The van der Waals surface area contributed by atoms with Crippen LogP contribution in [0.1, 0.15) is 39.2 Å². The van der Waals surface area contributed by atoms with E-state index < -0.39 is 0 Å². The van der Waals surface area contributed by atoms with Crippen molar-refractivity contribution in [3.8, 4) is 0 Å². The zero-order valence-corrected chi connectivity index (χ0v) is 10.1. The minimum absolute atomic E-state index is 0.159. The molecule has 2 rings (SSSR count). The molecule has 0 unspecified atom stereocenters. The Morgan fingerprint density at radius 1 is 1.44 bits per heavy atom. The lowest BCUT2D eigenvalue weighted by Crippen LogP contribution is -2.27. The summed E-state index contributed by atoms with van der Waals surface area (Å²) in [6, 6.07) is 1.01. The number of aryl methyl sites for hydroxylation is 1. The van der Waals surface area contributed by atoms with Gasteiger partial charge in [0, 0.05) is 31.0 Å². The molecule has 0 saturated heterocycles. The first-order valence-electron chi connectivity index (χ1n) is 6.19.